The highest BCUT2D eigenvalue weighted by Gasteiger charge is 2.25. The fraction of sp³-hybridized carbons (Fsp3) is 0.625. The molecule has 0 radical (unpaired) electrons. The van der Waals surface area contributed by atoms with Crippen LogP contribution in [0.4, 0.5) is 0 Å². The van der Waals surface area contributed by atoms with E-state index in [9.17, 15) is 9.59 Å². The predicted molar refractivity (Wildman–Crippen MR) is 44.4 cm³/mol. The van der Waals surface area contributed by atoms with Gasteiger partial charge in [0.15, 0.2) is 0 Å². The van der Waals surface area contributed by atoms with Gasteiger partial charge in [0.05, 0.1) is 12.1 Å². The number of piperidine rings is 1. The molecule has 1 rings (SSSR count). The molecule has 2 N–H and O–H groups in total. The van der Waals surface area contributed by atoms with Gasteiger partial charge in [-0.25, -0.2) is 0 Å². The molecule has 0 bridgehead atoms. The second kappa shape index (κ2) is 4.58. The Bertz CT molecular complexity index is 257. The molecule has 0 aromatic carbocycles. The van der Waals surface area contributed by atoms with Crippen molar-refractivity contribution in [3.63, 3.8) is 0 Å². The van der Waals surface area contributed by atoms with Gasteiger partial charge in [0.2, 0.25) is 11.8 Å². The number of carbonyl (C=O) groups is 2. The van der Waals surface area contributed by atoms with Gasteiger partial charge in [-0.1, -0.05) is 0 Å². The number of nitrogens with zero attached hydrogens (tertiary/aromatic N) is 1. The van der Waals surface area contributed by atoms with Crippen LogP contribution in [-0.2, 0) is 9.59 Å². The van der Waals surface area contributed by atoms with Crippen molar-refractivity contribution < 1.29 is 9.59 Å². The van der Waals surface area contributed by atoms with Crippen molar-refractivity contribution in [1.82, 2.24) is 10.6 Å². The maximum atomic E-state index is 11.1. The molecular weight excluding hydrogens is 170 g/mol. The van der Waals surface area contributed by atoms with E-state index in [0.717, 1.165) is 0 Å². The van der Waals surface area contributed by atoms with Crippen molar-refractivity contribution >= 4 is 11.8 Å². The van der Waals surface area contributed by atoms with Crippen LogP contribution >= 0.6 is 0 Å². The van der Waals surface area contributed by atoms with Crippen LogP contribution in [0.5, 0.6) is 0 Å². The number of nitrogens with one attached hydrogen (secondary N) is 2. The fourth-order valence-electron chi connectivity index (χ4n) is 1.19. The van der Waals surface area contributed by atoms with Gasteiger partial charge in [-0.3, -0.25) is 14.9 Å². The number of rotatable bonds is 3. The summed E-state index contributed by atoms with van der Waals surface area (Å²) >= 11 is 0. The minimum absolute atomic E-state index is 0.219. The summed E-state index contributed by atoms with van der Waals surface area (Å²) in [5, 5.41) is 13.4. The molecule has 0 spiro atoms. The topological polar surface area (TPSA) is 82.0 Å². The van der Waals surface area contributed by atoms with Crippen molar-refractivity contribution in [2.75, 3.05) is 6.54 Å². The third-order valence-electron chi connectivity index (χ3n) is 1.87. The van der Waals surface area contributed by atoms with E-state index in [4.69, 9.17) is 5.26 Å². The maximum absolute atomic E-state index is 11.1. The van der Waals surface area contributed by atoms with Crippen LogP contribution in [0.2, 0.25) is 0 Å². The van der Waals surface area contributed by atoms with Crippen molar-refractivity contribution in [1.29, 1.82) is 5.26 Å². The number of hydrogen-bond acceptors (Lipinski definition) is 4. The smallest absolute Gasteiger partial charge is 0.243 e. The molecule has 1 saturated heterocycles. The summed E-state index contributed by atoms with van der Waals surface area (Å²) < 4.78 is 0. The average molecular weight is 181 g/mol. The molecule has 1 unspecified atom stereocenters. The molecular formula is C8H11N3O2. The molecule has 0 aromatic heterocycles. The number of amides is 2. The third-order valence-corrected chi connectivity index (χ3v) is 1.87. The van der Waals surface area contributed by atoms with E-state index in [0.29, 0.717) is 25.8 Å². The van der Waals surface area contributed by atoms with Crippen LogP contribution in [0.25, 0.3) is 0 Å². The monoisotopic (exact) mass is 181 g/mol. The molecule has 1 fully saturated rings. The predicted octanol–water partition coefficient (Wildman–Crippen LogP) is -0.705. The van der Waals surface area contributed by atoms with Crippen LogP contribution in [0.1, 0.15) is 19.3 Å². The molecule has 2 amide bonds. The van der Waals surface area contributed by atoms with E-state index < -0.39 is 0 Å². The second-order valence-electron chi connectivity index (χ2n) is 2.87. The Kier molecular flexibility index (Phi) is 3.41. The summed E-state index contributed by atoms with van der Waals surface area (Å²) in [6.07, 6.45) is 1.27. The maximum Gasteiger partial charge on any atom is 0.243 e. The standard InChI is InChI=1S/C8H11N3O2/c9-4-1-5-10-6-2-3-7(12)11-8(6)13/h6,10H,1-3,5H2,(H,11,12,13). The van der Waals surface area contributed by atoms with E-state index >= 15 is 0 Å². The van der Waals surface area contributed by atoms with Gasteiger partial charge < -0.3 is 5.32 Å². The molecule has 13 heavy (non-hydrogen) atoms. The van der Waals surface area contributed by atoms with E-state index in [1.165, 1.54) is 0 Å². The van der Waals surface area contributed by atoms with Crippen LogP contribution in [0.3, 0.4) is 0 Å². The molecule has 70 valence electrons. The Balaban J connectivity index is 2.31. The number of carbonyl (C=O) groups excluding carboxylic acids is 2. The summed E-state index contributed by atoms with van der Waals surface area (Å²) in [5.74, 6) is -0.502. The minimum Gasteiger partial charge on any atom is -0.305 e. The summed E-state index contributed by atoms with van der Waals surface area (Å²) in [6.45, 7) is 0.489. The van der Waals surface area contributed by atoms with Gasteiger partial charge in [-0.15, -0.1) is 0 Å². The van der Waals surface area contributed by atoms with Crippen molar-refractivity contribution in [2.24, 2.45) is 0 Å². The largest absolute Gasteiger partial charge is 0.305 e. The average Bonchev–Trinajstić information content (AvgIpc) is 2.09. The van der Waals surface area contributed by atoms with Gasteiger partial charge in [-0.2, -0.15) is 5.26 Å². The fourth-order valence-corrected chi connectivity index (χ4v) is 1.19. The first-order chi connectivity index (χ1) is 6.24. The SMILES string of the molecule is N#CCCNC1CCC(=O)NC1=O. The summed E-state index contributed by atoms with van der Waals surface area (Å²) in [6, 6.07) is 1.66. The first-order valence-electron chi connectivity index (χ1n) is 4.18. The van der Waals surface area contributed by atoms with Gasteiger partial charge in [0.25, 0.3) is 0 Å². The molecule has 5 nitrogen and oxygen atoms in total. The number of imide groups is 1. The zero-order chi connectivity index (χ0) is 9.68. The number of nitriles is 1. The Hall–Kier alpha value is -1.41. The van der Waals surface area contributed by atoms with E-state index in [2.05, 4.69) is 10.6 Å². The Morgan fingerprint density at radius 3 is 3.00 bits per heavy atom. The van der Waals surface area contributed by atoms with Gasteiger partial charge in [0, 0.05) is 19.4 Å². The lowest BCUT2D eigenvalue weighted by Gasteiger charge is -2.21. The number of hydrogen-bond donors (Lipinski definition) is 2. The summed E-state index contributed by atoms with van der Waals surface area (Å²) in [5.41, 5.74) is 0. The highest BCUT2D eigenvalue weighted by atomic mass is 16.2. The summed E-state index contributed by atoms with van der Waals surface area (Å²) in [4.78, 5) is 21.9. The second-order valence-corrected chi connectivity index (χ2v) is 2.87. The molecule has 0 aromatic rings. The lowest BCUT2D eigenvalue weighted by Crippen LogP contribution is -2.50. The molecule has 0 aliphatic carbocycles. The molecule has 1 heterocycles. The van der Waals surface area contributed by atoms with E-state index in [1.54, 1.807) is 0 Å². The van der Waals surface area contributed by atoms with Crippen molar-refractivity contribution in [3.05, 3.63) is 0 Å². The van der Waals surface area contributed by atoms with Gasteiger partial charge in [-0.05, 0) is 6.42 Å². The molecule has 0 saturated carbocycles. The van der Waals surface area contributed by atoms with Crippen LogP contribution in [-0.4, -0.2) is 24.4 Å². The van der Waals surface area contributed by atoms with E-state index in [-0.39, 0.29) is 17.9 Å². The highest BCUT2D eigenvalue weighted by molar-refractivity contribution is 6.00. The zero-order valence-corrected chi connectivity index (χ0v) is 7.17. The first-order valence-corrected chi connectivity index (χ1v) is 4.18. The van der Waals surface area contributed by atoms with Gasteiger partial charge >= 0.3 is 0 Å². The minimum atomic E-state index is -0.314. The first kappa shape index (κ1) is 9.68. The molecule has 5 heteroatoms. The van der Waals surface area contributed by atoms with Crippen LogP contribution in [0, 0.1) is 11.3 Å². The zero-order valence-electron chi connectivity index (χ0n) is 7.17. The van der Waals surface area contributed by atoms with Crippen molar-refractivity contribution in [3.8, 4) is 6.07 Å². The normalized spacial score (nSPS) is 22.2. The van der Waals surface area contributed by atoms with Crippen molar-refractivity contribution in [2.45, 2.75) is 25.3 Å². The highest BCUT2D eigenvalue weighted by Crippen LogP contribution is 2.03. The molecule has 1 atom stereocenters. The quantitative estimate of drug-likeness (QED) is 0.445. The lowest BCUT2D eigenvalue weighted by molar-refractivity contribution is -0.134. The molecule has 1 aliphatic heterocycles. The van der Waals surface area contributed by atoms with Crippen LogP contribution in [0.15, 0.2) is 0 Å². The Morgan fingerprint density at radius 2 is 2.38 bits per heavy atom. The Labute approximate surface area is 76.1 Å². The third kappa shape index (κ3) is 2.84. The summed E-state index contributed by atoms with van der Waals surface area (Å²) in [7, 11) is 0. The van der Waals surface area contributed by atoms with Gasteiger partial charge in [0.1, 0.15) is 0 Å². The molecule has 1 aliphatic rings. The Morgan fingerprint density at radius 1 is 1.62 bits per heavy atom. The lowest BCUT2D eigenvalue weighted by atomic mass is 10.1. The van der Waals surface area contributed by atoms with Crippen LogP contribution < -0.4 is 10.6 Å². The van der Waals surface area contributed by atoms with E-state index in [1.807, 2.05) is 6.07 Å².